The molecule has 2 heteroatoms. The maximum absolute atomic E-state index is 13.4. The zero-order valence-corrected chi connectivity index (χ0v) is 11.2. The minimum atomic E-state index is -0.248. The van der Waals surface area contributed by atoms with Gasteiger partial charge in [0.1, 0.15) is 11.6 Å². The quantitative estimate of drug-likeness (QED) is 0.713. The van der Waals surface area contributed by atoms with Gasteiger partial charge in [-0.05, 0) is 41.3 Å². The van der Waals surface area contributed by atoms with Gasteiger partial charge in [-0.3, -0.25) is 0 Å². The Labute approximate surface area is 113 Å². The highest BCUT2D eigenvalue weighted by atomic mass is 19.1. The molecule has 100 valence electrons. The van der Waals surface area contributed by atoms with Gasteiger partial charge in [0, 0.05) is 5.92 Å². The van der Waals surface area contributed by atoms with Crippen LogP contribution in [0.5, 0.6) is 0 Å². The molecule has 0 saturated heterocycles. The van der Waals surface area contributed by atoms with Crippen LogP contribution in [0.25, 0.3) is 0 Å². The highest BCUT2D eigenvalue weighted by Gasteiger charge is 2.20. The van der Waals surface area contributed by atoms with Crippen LogP contribution in [0.2, 0.25) is 0 Å². The molecule has 0 bridgehead atoms. The van der Waals surface area contributed by atoms with Crippen LogP contribution in [-0.2, 0) is 0 Å². The molecule has 2 rings (SSSR count). The van der Waals surface area contributed by atoms with E-state index in [1.165, 1.54) is 12.1 Å². The lowest BCUT2D eigenvalue weighted by Crippen LogP contribution is -2.11. The molecule has 0 aliphatic heterocycles. The van der Waals surface area contributed by atoms with E-state index in [0.29, 0.717) is 5.92 Å². The molecule has 0 spiro atoms. The van der Waals surface area contributed by atoms with Gasteiger partial charge in [-0.25, -0.2) is 8.78 Å². The van der Waals surface area contributed by atoms with Crippen molar-refractivity contribution in [3.63, 3.8) is 0 Å². The van der Waals surface area contributed by atoms with Gasteiger partial charge < -0.3 is 0 Å². The average Bonchev–Trinajstić information content (AvgIpc) is 2.39. The molecule has 0 amide bonds. The van der Waals surface area contributed by atoms with Crippen molar-refractivity contribution in [3.05, 3.63) is 71.3 Å². The number of benzene rings is 2. The van der Waals surface area contributed by atoms with Crippen molar-refractivity contribution in [2.75, 3.05) is 0 Å². The standard InChI is InChI=1S/C17H18F2/c1-3-12(2)17(13-6-4-8-15(18)10-13)14-7-5-9-16(19)11-14/h4-12,17H,3H2,1-2H3. The average molecular weight is 260 g/mol. The first-order valence-corrected chi connectivity index (χ1v) is 6.62. The maximum atomic E-state index is 13.4. The molecule has 1 atom stereocenters. The van der Waals surface area contributed by atoms with Crippen LogP contribution in [0.15, 0.2) is 48.5 Å². The van der Waals surface area contributed by atoms with Gasteiger partial charge in [-0.2, -0.15) is 0 Å². The van der Waals surface area contributed by atoms with Crippen LogP contribution in [0, 0.1) is 17.6 Å². The van der Waals surface area contributed by atoms with Gasteiger partial charge in [0.25, 0.3) is 0 Å². The van der Waals surface area contributed by atoms with Crippen molar-refractivity contribution in [2.24, 2.45) is 5.92 Å². The van der Waals surface area contributed by atoms with E-state index in [0.717, 1.165) is 17.5 Å². The minimum absolute atomic E-state index is 0.0244. The SMILES string of the molecule is CCC(C)C(c1cccc(F)c1)c1cccc(F)c1. The Bertz CT molecular complexity index is 503. The fourth-order valence-corrected chi connectivity index (χ4v) is 2.49. The molecule has 0 N–H and O–H groups in total. The number of hydrogen-bond acceptors (Lipinski definition) is 0. The van der Waals surface area contributed by atoms with E-state index in [9.17, 15) is 8.78 Å². The van der Waals surface area contributed by atoms with Gasteiger partial charge in [-0.1, -0.05) is 44.5 Å². The zero-order chi connectivity index (χ0) is 13.8. The van der Waals surface area contributed by atoms with Crippen LogP contribution in [0.1, 0.15) is 37.3 Å². The highest BCUT2D eigenvalue weighted by molar-refractivity contribution is 5.33. The number of rotatable bonds is 4. The molecule has 0 saturated carbocycles. The van der Waals surface area contributed by atoms with Crippen LogP contribution < -0.4 is 0 Å². The Balaban J connectivity index is 2.47. The van der Waals surface area contributed by atoms with Gasteiger partial charge in [0.2, 0.25) is 0 Å². The molecule has 0 aliphatic carbocycles. The lowest BCUT2D eigenvalue weighted by Gasteiger charge is -2.24. The first-order valence-electron chi connectivity index (χ1n) is 6.62. The third kappa shape index (κ3) is 3.19. The predicted molar refractivity (Wildman–Crippen MR) is 74.1 cm³/mol. The fraction of sp³-hybridized carbons (Fsp3) is 0.294. The summed E-state index contributed by atoms with van der Waals surface area (Å²) in [7, 11) is 0. The minimum Gasteiger partial charge on any atom is -0.207 e. The number of hydrogen-bond donors (Lipinski definition) is 0. The predicted octanol–water partition coefficient (Wildman–Crippen LogP) is 5.14. The summed E-state index contributed by atoms with van der Waals surface area (Å²) in [6.45, 7) is 4.21. The number of halogens is 2. The summed E-state index contributed by atoms with van der Waals surface area (Å²) in [4.78, 5) is 0. The first kappa shape index (κ1) is 13.7. The second-order valence-corrected chi connectivity index (χ2v) is 4.97. The Hall–Kier alpha value is -1.70. The molecular weight excluding hydrogens is 242 g/mol. The molecule has 0 aliphatic rings. The second kappa shape index (κ2) is 5.96. The lowest BCUT2D eigenvalue weighted by molar-refractivity contribution is 0.491. The van der Waals surface area contributed by atoms with Crippen molar-refractivity contribution in [1.82, 2.24) is 0 Å². The lowest BCUT2D eigenvalue weighted by atomic mass is 9.80. The van der Waals surface area contributed by atoms with E-state index in [4.69, 9.17) is 0 Å². The van der Waals surface area contributed by atoms with Crippen molar-refractivity contribution in [1.29, 1.82) is 0 Å². The highest BCUT2D eigenvalue weighted by Crippen LogP contribution is 2.34. The van der Waals surface area contributed by atoms with E-state index in [1.54, 1.807) is 24.3 Å². The smallest absolute Gasteiger partial charge is 0.123 e. The normalized spacial score (nSPS) is 12.7. The molecule has 0 fully saturated rings. The fourth-order valence-electron chi connectivity index (χ4n) is 2.49. The van der Waals surface area contributed by atoms with Gasteiger partial charge in [0.05, 0.1) is 0 Å². The summed E-state index contributed by atoms with van der Waals surface area (Å²) in [5.41, 5.74) is 1.81. The third-order valence-electron chi connectivity index (χ3n) is 3.63. The third-order valence-corrected chi connectivity index (χ3v) is 3.63. The van der Waals surface area contributed by atoms with Crippen LogP contribution >= 0.6 is 0 Å². The molecular formula is C17H18F2. The molecule has 0 nitrogen and oxygen atoms in total. The second-order valence-electron chi connectivity index (χ2n) is 4.97. The first-order chi connectivity index (χ1) is 9.11. The summed E-state index contributed by atoms with van der Waals surface area (Å²) in [6.07, 6.45) is 0.956. The summed E-state index contributed by atoms with van der Waals surface area (Å²) >= 11 is 0. The van der Waals surface area contributed by atoms with E-state index in [1.807, 2.05) is 12.1 Å². The molecule has 0 radical (unpaired) electrons. The summed E-state index contributed by atoms with van der Waals surface area (Å²) < 4.78 is 26.8. The Morgan fingerprint density at radius 3 is 1.74 bits per heavy atom. The van der Waals surface area contributed by atoms with Crippen molar-refractivity contribution < 1.29 is 8.78 Å². The molecule has 19 heavy (non-hydrogen) atoms. The zero-order valence-electron chi connectivity index (χ0n) is 11.2. The summed E-state index contributed by atoms with van der Waals surface area (Å²) in [5, 5.41) is 0. The Kier molecular flexibility index (Phi) is 4.31. The Morgan fingerprint density at radius 2 is 1.37 bits per heavy atom. The van der Waals surface area contributed by atoms with Gasteiger partial charge >= 0.3 is 0 Å². The largest absolute Gasteiger partial charge is 0.207 e. The van der Waals surface area contributed by atoms with Crippen LogP contribution in [-0.4, -0.2) is 0 Å². The Morgan fingerprint density at radius 1 is 0.895 bits per heavy atom. The maximum Gasteiger partial charge on any atom is 0.123 e. The topological polar surface area (TPSA) is 0 Å². The molecule has 0 heterocycles. The van der Waals surface area contributed by atoms with Crippen LogP contribution in [0.4, 0.5) is 8.78 Å². The summed E-state index contributed by atoms with van der Waals surface area (Å²) in [5.74, 6) is -0.149. The van der Waals surface area contributed by atoms with E-state index < -0.39 is 0 Å². The molecule has 2 aromatic rings. The molecule has 0 aromatic heterocycles. The van der Waals surface area contributed by atoms with Crippen molar-refractivity contribution in [2.45, 2.75) is 26.2 Å². The molecule has 1 unspecified atom stereocenters. The monoisotopic (exact) mass is 260 g/mol. The van der Waals surface area contributed by atoms with Gasteiger partial charge in [0.15, 0.2) is 0 Å². The van der Waals surface area contributed by atoms with Crippen molar-refractivity contribution in [3.8, 4) is 0 Å². The van der Waals surface area contributed by atoms with E-state index in [-0.39, 0.29) is 17.6 Å². The van der Waals surface area contributed by atoms with Crippen LogP contribution in [0.3, 0.4) is 0 Å². The molecule has 2 aromatic carbocycles. The van der Waals surface area contributed by atoms with Gasteiger partial charge in [-0.15, -0.1) is 0 Å². The summed E-state index contributed by atoms with van der Waals surface area (Å²) in [6, 6.07) is 13.2. The van der Waals surface area contributed by atoms with E-state index >= 15 is 0 Å². The van der Waals surface area contributed by atoms with Crippen molar-refractivity contribution >= 4 is 0 Å². The van der Waals surface area contributed by atoms with E-state index in [2.05, 4.69) is 13.8 Å².